The zero-order valence-electron chi connectivity index (χ0n) is 32.8. The molecule has 57 heavy (non-hydrogen) atoms. The van der Waals surface area contributed by atoms with Crippen molar-refractivity contribution in [2.75, 3.05) is 102 Å². The van der Waals surface area contributed by atoms with E-state index in [0.29, 0.717) is 46.5 Å². The van der Waals surface area contributed by atoms with Gasteiger partial charge in [0.1, 0.15) is 55.1 Å². The van der Waals surface area contributed by atoms with Crippen LogP contribution in [0.25, 0.3) is 5.57 Å². The minimum absolute atomic E-state index is 0.0237. The molecule has 2 aliphatic rings. The van der Waals surface area contributed by atoms with E-state index in [4.69, 9.17) is 33.2 Å². The summed E-state index contributed by atoms with van der Waals surface area (Å²) in [6, 6.07) is 21.1. The van der Waals surface area contributed by atoms with Gasteiger partial charge in [0.25, 0.3) is 0 Å². The molecule has 0 bridgehead atoms. The van der Waals surface area contributed by atoms with E-state index < -0.39 is 24.5 Å². The highest BCUT2D eigenvalue weighted by molar-refractivity contribution is 5.99. The van der Waals surface area contributed by atoms with Gasteiger partial charge in [-0.15, -0.1) is 0 Å². The lowest BCUT2D eigenvalue weighted by atomic mass is 9.91. The fraction of sp³-hybridized carbons (Fsp3) is 0.333. The van der Waals surface area contributed by atoms with E-state index in [2.05, 4.69) is 0 Å². The van der Waals surface area contributed by atoms with E-state index in [1.54, 1.807) is 20.8 Å². The predicted molar refractivity (Wildman–Crippen MR) is 217 cm³/mol. The first-order chi connectivity index (χ1) is 27.4. The molecule has 0 spiro atoms. The number of carboxylic acid groups (broad SMARTS) is 1. The van der Waals surface area contributed by atoms with Crippen LogP contribution in [0, 0.1) is 11.7 Å². The van der Waals surface area contributed by atoms with Crippen LogP contribution >= 0.6 is 0 Å². The fourth-order valence-corrected chi connectivity index (χ4v) is 6.92. The van der Waals surface area contributed by atoms with Gasteiger partial charge in [0.15, 0.2) is 6.61 Å². The normalized spacial score (nSPS) is 14.1. The molecule has 0 aliphatic carbocycles. The fourth-order valence-electron chi connectivity index (χ4n) is 6.62. The third kappa shape index (κ3) is 9.67. The third-order valence-electron chi connectivity index (χ3n) is 9.47. The number of carbonyl (C=O) groups is 3. The van der Waals surface area contributed by atoms with Crippen molar-refractivity contribution in [1.29, 1.82) is 0 Å². The number of hydrogen-bond acceptors (Lipinski definition) is 13. The highest BCUT2D eigenvalue weighted by Gasteiger charge is 2.28. The van der Waals surface area contributed by atoms with E-state index >= 15 is 0 Å². The predicted octanol–water partition coefficient (Wildman–Crippen LogP) is 3.21. The number of rotatable bonds is 9. The second-order valence-electron chi connectivity index (χ2n) is 13.7. The number of anilines is 3. The minimum Gasteiger partial charge on any atom is -0.488 e. The number of aryl methyl sites for hydroxylation is 1. The molecule has 0 fully saturated rings. The molecule has 0 amide bonds. The molecule has 4 aromatic carbocycles. The Morgan fingerprint density at radius 2 is 1.42 bits per heavy atom. The SMILES string of the molecule is COC(=O)CN1CCOCCN(CC(=O)OC)c2cc(OCC(=O)O)c(C3=c4ccc(=[SiH2])cc4Oc4cc(N(C)C)ccc43)cc2OCCOc2cc(C)ccc21. The number of benzene rings is 4. The van der Waals surface area contributed by atoms with Gasteiger partial charge in [-0.2, -0.15) is 0 Å². The Bertz CT molecular complexity index is 2260. The third-order valence-corrected chi connectivity index (χ3v) is 9.91. The van der Waals surface area contributed by atoms with Gasteiger partial charge < -0.3 is 53.0 Å². The van der Waals surface area contributed by atoms with Crippen molar-refractivity contribution in [3.63, 3.8) is 0 Å². The monoisotopic (exact) mass is 797 g/mol. The van der Waals surface area contributed by atoms with E-state index in [-0.39, 0.29) is 51.8 Å². The first-order valence-electron chi connectivity index (χ1n) is 18.4. The summed E-state index contributed by atoms with van der Waals surface area (Å²) >= 11 is 0. The maximum Gasteiger partial charge on any atom is 0.341 e. The second kappa shape index (κ2) is 18.3. The van der Waals surface area contributed by atoms with Gasteiger partial charge in [-0.1, -0.05) is 18.2 Å². The Hall–Kier alpha value is -6.06. The molecule has 1 N–H and O–H groups in total. The molecule has 2 heterocycles. The standard InChI is InChI=1S/C42H47N3O11Si/c1-26-6-11-32-37(18-26)53-16-17-54-38-21-31(42-29-9-7-27(43(2)3)19-35(29)56-36-20-28(57)8-10-30(36)42)34(55-25-39(46)47)22-33(38)45(24-41(49)51-5)13-15-52-14-12-44(32)23-40(48)50-4/h6-11,18-22H,12-17,23-25,57H2,1-5H3,(H,46,47). The van der Waals surface area contributed by atoms with Crippen LogP contribution in [0.3, 0.4) is 0 Å². The van der Waals surface area contributed by atoms with Crippen LogP contribution in [-0.2, 0) is 28.6 Å². The first kappa shape index (κ1) is 40.6. The summed E-state index contributed by atoms with van der Waals surface area (Å²) in [6.45, 7) is 2.30. The Morgan fingerprint density at radius 3 is 2.07 bits per heavy atom. The topological polar surface area (TPSA) is 146 Å². The number of methoxy groups -OCH3 is 2. The summed E-state index contributed by atoms with van der Waals surface area (Å²) in [5.74, 6) is 0.355. The van der Waals surface area contributed by atoms with Crippen LogP contribution in [0.4, 0.5) is 17.1 Å². The largest absolute Gasteiger partial charge is 0.488 e. The quantitative estimate of drug-likeness (QED) is 0.172. The molecule has 15 heteroatoms. The number of ether oxygens (including phenoxy) is 7. The summed E-state index contributed by atoms with van der Waals surface area (Å²) in [5.41, 5.74) is 5.11. The lowest BCUT2D eigenvalue weighted by Gasteiger charge is -2.29. The number of carbonyl (C=O) groups excluding carboxylic acids is 2. The van der Waals surface area contributed by atoms with Gasteiger partial charge in [0.05, 0.1) is 38.8 Å². The molecule has 0 atom stereocenters. The van der Waals surface area contributed by atoms with Crippen molar-refractivity contribution in [3.8, 4) is 28.7 Å². The van der Waals surface area contributed by atoms with Crippen molar-refractivity contribution >= 4 is 50.4 Å². The highest BCUT2D eigenvalue weighted by Crippen LogP contribution is 2.45. The molecule has 6 rings (SSSR count). The molecule has 0 unspecified atom stereocenters. The van der Waals surface area contributed by atoms with E-state index in [9.17, 15) is 19.5 Å². The van der Waals surface area contributed by atoms with Crippen LogP contribution in [0.2, 0.25) is 0 Å². The highest BCUT2D eigenvalue weighted by atomic mass is 28.1. The van der Waals surface area contributed by atoms with Crippen molar-refractivity contribution in [3.05, 3.63) is 93.5 Å². The number of nitrogens with zero attached hydrogens (tertiary/aromatic N) is 3. The van der Waals surface area contributed by atoms with Crippen LogP contribution in [0.1, 0.15) is 16.7 Å². The van der Waals surface area contributed by atoms with Gasteiger partial charge in [0.2, 0.25) is 0 Å². The Morgan fingerprint density at radius 1 is 0.754 bits per heavy atom. The summed E-state index contributed by atoms with van der Waals surface area (Å²) < 4.78 is 41.6. The zero-order chi connectivity index (χ0) is 40.6. The van der Waals surface area contributed by atoms with Crippen LogP contribution < -0.4 is 38.9 Å². The summed E-state index contributed by atoms with van der Waals surface area (Å²) in [5, 5.41) is 10.6. The van der Waals surface area contributed by atoms with Crippen molar-refractivity contribution < 1.29 is 52.6 Å². The van der Waals surface area contributed by atoms with E-state index in [1.165, 1.54) is 14.2 Å². The number of aliphatic carboxylic acids is 1. The first-order valence-corrected chi connectivity index (χ1v) is 19.1. The average molecular weight is 798 g/mol. The molecule has 2 aliphatic heterocycles. The van der Waals surface area contributed by atoms with Crippen LogP contribution in [-0.4, -0.2) is 120 Å². The Balaban J connectivity index is 1.51. The van der Waals surface area contributed by atoms with Gasteiger partial charge in [-0.25, -0.2) is 4.79 Å². The van der Waals surface area contributed by atoms with Crippen molar-refractivity contribution in [1.82, 2.24) is 0 Å². The summed E-state index contributed by atoms with van der Waals surface area (Å²) in [7, 11) is 8.30. The van der Waals surface area contributed by atoms with E-state index in [1.807, 2.05) is 91.5 Å². The summed E-state index contributed by atoms with van der Waals surface area (Å²) in [4.78, 5) is 43.9. The maximum atomic E-state index is 12.9. The van der Waals surface area contributed by atoms with Crippen molar-refractivity contribution in [2.24, 2.45) is 0 Å². The Labute approximate surface area is 333 Å². The zero-order valence-corrected chi connectivity index (χ0v) is 34.2. The molecule has 300 valence electrons. The van der Waals surface area contributed by atoms with Gasteiger partial charge in [-0.3, -0.25) is 9.59 Å². The number of carboxylic acids is 1. The van der Waals surface area contributed by atoms with Gasteiger partial charge >= 0.3 is 17.9 Å². The molecule has 14 nitrogen and oxygen atoms in total. The molecular weight excluding hydrogens is 751 g/mol. The lowest BCUT2D eigenvalue weighted by Crippen LogP contribution is -2.36. The average Bonchev–Trinajstić information content (AvgIpc) is 3.19. The Kier molecular flexibility index (Phi) is 13.0. The minimum atomic E-state index is -1.16. The molecular formula is C42H47N3O11Si. The molecule has 4 aromatic rings. The number of fused-ring (bicyclic) bond motifs is 4. The number of hydrogen-bond donors (Lipinski definition) is 1. The lowest BCUT2D eigenvalue weighted by molar-refractivity contribution is -0.140. The van der Waals surface area contributed by atoms with Crippen LogP contribution in [0.5, 0.6) is 28.7 Å². The van der Waals surface area contributed by atoms with Crippen molar-refractivity contribution in [2.45, 2.75) is 6.92 Å². The van der Waals surface area contributed by atoms with Crippen LogP contribution in [0.15, 0.2) is 66.7 Å². The molecule has 0 saturated carbocycles. The molecule has 0 radical (unpaired) electrons. The van der Waals surface area contributed by atoms with Gasteiger partial charge in [0, 0.05) is 66.9 Å². The van der Waals surface area contributed by atoms with E-state index in [0.717, 1.165) is 32.4 Å². The molecule has 0 saturated heterocycles. The second-order valence-corrected chi connectivity index (χ2v) is 14.5. The molecule has 0 aromatic heterocycles. The summed E-state index contributed by atoms with van der Waals surface area (Å²) in [6.07, 6.45) is 0. The maximum absolute atomic E-state index is 12.9. The van der Waals surface area contributed by atoms with Gasteiger partial charge in [-0.05, 0) is 63.6 Å². The smallest absolute Gasteiger partial charge is 0.341 e. The number of esters is 2.